The Labute approximate surface area is 123 Å². The highest BCUT2D eigenvalue weighted by Gasteiger charge is 2.23. The van der Waals surface area contributed by atoms with Crippen LogP contribution < -0.4 is 5.73 Å². The van der Waals surface area contributed by atoms with E-state index in [0.29, 0.717) is 5.92 Å². The van der Waals surface area contributed by atoms with Crippen LogP contribution in [-0.2, 0) is 5.41 Å². The van der Waals surface area contributed by atoms with Crippen molar-refractivity contribution in [1.82, 2.24) is 0 Å². The van der Waals surface area contributed by atoms with Crippen LogP contribution in [0.25, 0.3) is 0 Å². The molecule has 2 rings (SSSR count). The first-order valence-electron chi connectivity index (χ1n) is 7.46. The van der Waals surface area contributed by atoms with Crippen LogP contribution in [0.4, 0.5) is 0 Å². The van der Waals surface area contributed by atoms with Gasteiger partial charge in [-0.25, -0.2) is 0 Å². The largest absolute Gasteiger partial charge is 0.401 e. The van der Waals surface area contributed by atoms with Gasteiger partial charge in [0.05, 0.1) is 0 Å². The van der Waals surface area contributed by atoms with E-state index in [-0.39, 0.29) is 5.41 Å². The van der Waals surface area contributed by atoms with E-state index in [0.717, 1.165) is 12.1 Å². The number of nitrogens with two attached hydrogens (primary N) is 1. The molecule has 1 atom stereocenters. The van der Waals surface area contributed by atoms with Crippen molar-refractivity contribution < 1.29 is 0 Å². The molecule has 0 saturated carbocycles. The molecule has 0 amide bonds. The van der Waals surface area contributed by atoms with Gasteiger partial charge in [-0.2, -0.15) is 0 Å². The normalized spacial score (nSPS) is 19.6. The Balaban J connectivity index is 2.52. The second kappa shape index (κ2) is 5.12. The van der Waals surface area contributed by atoms with Crippen LogP contribution in [0.2, 0.25) is 0 Å². The molecule has 108 valence electrons. The molecule has 1 aliphatic rings. The fraction of sp³-hybridized carbons (Fsp3) is 0.474. The molecular formula is C19H27N. The molecule has 0 radical (unpaired) electrons. The van der Waals surface area contributed by atoms with Gasteiger partial charge in [0.2, 0.25) is 0 Å². The smallest absolute Gasteiger partial charge is 0.0278 e. The lowest BCUT2D eigenvalue weighted by atomic mass is 9.78. The zero-order valence-electron chi connectivity index (χ0n) is 13.7. The summed E-state index contributed by atoms with van der Waals surface area (Å²) < 4.78 is 0. The fourth-order valence-electron chi connectivity index (χ4n) is 3.11. The highest BCUT2D eigenvalue weighted by Crippen LogP contribution is 2.37. The summed E-state index contributed by atoms with van der Waals surface area (Å²) in [4.78, 5) is 0. The molecule has 0 spiro atoms. The summed E-state index contributed by atoms with van der Waals surface area (Å²) in [5.41, 5.74) is 14.3. The zero-order chi connectivity index (χ0) is 15.1. The van der Waals surface area contributed by atoms with E-state index in [1.54, 1.807) is 0 Å². The Morgan fingerprint density at radius 2 is 1.60 bits per heavy atom. The number of hydrogen-bond donors (Lipinski definition) is 1. The Morgan fingerprint density at radius 1 is 1.05 bits per heavy atom. The van der Waals surface area contributed by atoms with Crippen LogP contribution in [-0.4, -0.2) is 0 Å². The lowest BCUT2D eigenvalue weighted by Gasteiger charge is -2.28. The highest BCUT2D eigenvalue weighted by atomic mass is 14.6. The molecule has 1 aliphatic carbocycles. The lowest BCUT2D eigenvalue weighted by Crippen LogP contribution is -2.18. The summed E-state index contributed by atoms with van der Waals surface area (Å²) in [7, 11) is 0. The van der Waals surface area contributed by atoms with Crippen LogP contribution in [0.5, 0.6) is 0 Å². The maximum atomic E-state index is 6.34. The predicted octanol–water partition coefficient (Wildman–Crippen LogP) is 4.88. The van der Waals surface area contributed by atoms with E-state index in [1.165, 1.54) is 27.8 Å². The summed E-state index contributed by atoms with van der Waals surface area (Å²) in [5.74, 6) is 0.342. The Morgan fingerprint density at radius 3 is 2.10 bits per heavy atom. The first-order chi connectivity index (χ1) is 9.21. The van der Waals surface area contributed by atoms with Crippen molar-refractivity contribution in [3.63, 3.8) is 0 Å². The van der Waals surface area contributed by atoms with Gasteiger partial charge in [0.15, 0.2) is 0 Å². The molecule has 1 aromatic rings. The van der Waals surface area contributed by atoms with Crippen molar-refractivity contribution in [3.05, 3.63) is 57.8 Å². The minimum Gasteiger partial charge on any atom is -0.401 e. The third-order valence-corrected chi connectivity index (χ3v) is 4.38. The predicted molar refractivity (Wildman–Crippen MR) is 88.0 cm³/mol. The highest BCUT2D eigenvalue weighted by molar-refractivity contribution is 5.47. The summed E-state index contributed by atoms with van der Waals surface area (Å²) in [5, 5.41) is 0. The Hall–Kier alpha value is -1.50. The van der Waals surface area contributed by atoms with Gasteiger partial charge in [-0.1, -0.05) is 45.1 Å². The van der Waals surface area contributed by atoms with Crippen LogP contribution >= 0.6 is 0 Å². The second-order valence-electron chi connectivity index (χ2n) is 7.10. The van der Waals surface area contributed by atoms with E-state index >= 15 is 0 Å². The number of aryl methyl sites for hydroxylation is 2. The molecule has 20 heavy (non-hydrogen) atoms. The van der Waals surface area contributed by atoms with Gasteiger partial charge in [0.25, 0.3) is 0 Å². The second-order valence-corrected chi connectivity index (χ2v) is 7.10. The van der Waals surface area contributed by atoms with Gasteiger partial charge in [-0.15, -0.1) is 0 Å². The average molecular weight is 269 g/mol. The zero-order valence-corrected chi connectivity index (χ0v) is 13.7. The molecule has 0 aliphatic heterocycles. The number of allylic oxidation sites excluding steroid dienone is 4. The van der Waals surface area contributed by atoms with E-state index in [1.807, 2.05) is 0 Å². The van der Waals surface area contributed by atoms with E-state index in [4.69, 9.17) is 5.73 Å². The molecule has 1 aromatic carbocycles. The third-order valence-electron chi connectivity index (χ3n) is 4.38. The van der Waals surface area contributed by atoms with Gasteiger partial charge in [0.1, 0.15) is 0 Å². The van der Waals surface area contributed by atoms with Crippen molar-refractivity contribution in [3.8, 4) is 0 Å². The van der Waals surface area contributed by atoms with Crippen LogP contribution in [0, 0.1) is 13.8 Å². The Bertz CT molecular complexity index is 559. The summed E-state index contributed by atoms with van der Waals surface area (Å²) in [6.07, 6.45) is 5.40. The molecule has 0 saturated heterocycles. The summed E-state index contributed by atoms with van der Waals surface area (Å²) in [6.45, 7) is 13.3. The summed E-state index contributed by atoms with van der Waals surface area (Å²) in [6, 6.07) is 4.67. The molecule has 1 nitrogen and oxygen atoms in total. The van der Waals surface area contributed by atoms with Crippen molar-refractivity contribution in [2.75, 3.05) is 0 Å². The van der Waals surface area contributed by atoms with E-state index < -0.39 is 0 Å². The van der Waals surface area contributed by atoms with Crippen LogP contribution in [0.3, 0.4) is 0 Å². The summed E-state index contributed by atoms with van der Waals surface area (Å²) >= 11 is 0. The van der Waals surface area contributed by atoms with Crippen molar-refractivity contribution >= 4 is 0 Å². The third kappa shape index (κ3) is 2.67. The molecule has 0 fully saturated rings. The average Bonchev–Trinajstić information content (AvgIpc) is 2.32. The lowest BCUT2D eigenvalue weighted by molar-refractivity contribution is 0.588. The molecular weight excluding hydrogens is 242 g/mol. The molecule has 1 heteroatoms. The molecule has 2 N–H and O–H groups in total. The van der Waals surface area contributed by atoms with Crippen molar-refractivity contribution in [2.45, 2.75) is 59.3 Å². The van der Waals surface area contributed by atoms with Gasteiger partial charge >= 0.3 is 0 Å². The molecule has 0 bridgehead atoms. The maximum Gasteiger partial charge on any atom is 0.0278 e. The standard InChI is InChI=1S/C19H27N/c1-12-8-7-9-16(18(12)20)17-13(2)10-15(11-14(17)3)19(4,5)6/h7-8,10-11,16H,9,20H2,1-6H3. The molecule has 0 aromatic heterocycles. The SMILES string of the molecule is CC1=C(N)C(c2c(C)cc(C(C)(C)C)cc2C)CC=C1. The van der Waals surface area contributed by atoms with Crippen molar-refractivity contribution in [1.29, 1.82) is 0 Å². The Kier molecular flexibility index (Phi) is 3.82. The first-order valence-corrected chi connectivity index (χ1v) is 7.46. The van der Waals surface area contributed by atoms with E-state index in [2.05, 4.69) is 65.8 Å². The number of benzene rings is 1. The molecule has 0 heterocycles. The van der Waals surface area contributed by atoms with E-state index in [9.17, 15) is 0 Å². The minimum atomic E-state index is 0.192. The van der Waals surface area contributed by atoms with Gasteiger partial charge in [-0.3, -0.25) is 0 Å². The minimum absolute atomic E-state index is 0.192. The first kappa shape index (κ1) is 14.9. The van der Waals surface area contributed by atoms with Crippen LogP contribution in [0.1, 0.15) is 62.3 Å². The number of hydrogen-bond acceptors (Lipinski definition) is 1. The fourth-order valence-corrected chi connectivity index (χ4v) is 3.11. The maximum absolute atomic E-state index is 6.34. The molecule has 1 unspecified atom stereocenters. The van der Waals surface area contributed by atoms with Crippen molar-refractivity contribution in [2.24, 2.45) is 5.73 Å². The van der Waals surface area contributed by atoms with Gasteiger partial charge < -0.3 is 5.73 Å². The topological polar surface area (TPSA) is 26.0 Å². The number of rotatable bonds is 1. The van der Waals surface area contributed by atoms with Gasteiger partial charge in [-0.05, 0) is 60.4 Å². The monoisotopic (exact) mass is 269 g/mol. The quantitative estimate of drug-likeness (QED) is 0.772. The van der Waals surface area contributed by atoms with Crippen LogP contribution in [0.15, 0.2) is 35.6 Å². The van der Waals surface area contributed by atoms with Gasteiger partial charge in [0, 0.05) is 11.6 Å².